The first-order valence-electron chi connectivity index (χ1n) is 5.74. The molecule has 0 aromatic carbocycles. The third-order valence-electron chi connectivity index (χ3n) is 2.76. The van der Waals surface area contributed by atoms with Crippen LogP contribution in [0.1, 0.15) is 6.92 Å². The fraction of sp³-hybridized carbons (Fsp3) is 0.700. The monoisotopic (exact) mass is 293 g/mol. The molecule has 1 aliphatic heterocycles. The van der Waals surface area contributed by atoms with Crippen LogP contribution in [0.2, 0.25) is 0 Å². The first-order chi connectivity index (χ1) is 8.54. The molecule has 18 heavy (non-hydrogen) atoms. The topological polar surface area (TPSA) is 64.4 Å². The first kappa shape index (κ1) is 13.8. The number of sulfonamides is 1. The van der Waals surface area contributed by atoms with Gasteiger partial charge in [0.1, 0.15) is 4.90 Å². The minimum atomic E-state index is -3.47. The van der Waals surface area contributed by atoms with Crippen LogP contribution >= 0.6 is 11.6 Å². The minimum Gasteiger partial charge on any atom is -0.376 e. The van der Waals surface area contributed by atoms with Crippen molar-refractivity contribution in [3.05, 3.63) is 12.4 Å². The summed E-state index contributed by atoms with van der Waals surface area (Å²) in [7, 11) is -3.47. The summed E-state index contributed by atoms with van der Waals surface area (Å²) >= 11 is 5.59. The molecule has 6 nitrogen and oxygen atoms in total. The molecule has 1 aromatic rings. The quantitative estimate of drug-likeness (QED) is 0.760. The van der Waals surface area contributed by atoms with Gasteiger partial charge in [-0.1, -0.05) is 0 Å². The molecule has 1 atom stereocenters. The van der Waals surface area contributed by atoms with Crippen LogP contribution in [0.5, 0.6) is 0 Å². The number of aromatic nitrogens is 2. The Morgan fingerprint density at radius 1 is 1.61 bits per heavy atom. The Hall–Kier alpha value is -0.630. The van der Waals surface area contributed by atoms with Gasteiger partial charge < -0.3 is 4.74 Å². The number of hydrogen-bond donors (Lipinski definition) is 0. The van der Waals surface area contributed by atoms with Crippen molar-refractivity contribution < 1.29 is 13.2 Å². The molecule has 8 heteroatoms. The molecular formula is C10H16ClN3O3S. The lowest BCUT2D eigenvalue weighted by Gasteiger charge is -2.29. The zero-order valence-electron chi connectivity index (χ0n) is 10.1. The maximum absolute atomic E-state index is 12.3. The van der Waals surface area contributed by atoms with Gasteiger partial charge in [-0.2, -0.15) is 9.40 Å². The molecular weight excluding hydrogens is 278 g/mol. The Morgan fingerprint density at radius 2 is 2.39 bits per heavy atom. The number of morpholine rings is 1. The molecule has 0 N–H and O–H groups in total. The molecule has 1 saturated heterocycles. The SMILES string of the molecule is CC1CN(S(=O)(=O)c2cnn(CCCl)c2)CCO1. The van der Waals surface area contributed by atoms with Gasteiger partial charge >= 0.3 is 0 Å². The smallest absolute Gasteiger partial charge is 0.246 e. The van der Waals surface area contributed by atoms with Crippen LogP contribution in [0.3, 0.4) is 0 Å². The second-order valence-corrected chi connectivity index (χ2v) is 6.49. The number of hydrogen-bond acceptors (Lipinski definition) is 4. The van der Waals surface area contributed by atoms with Crippen LogP contribution in [-0.2, 0) is 21.3 Å². The molecule has 1 fully saturated rings. The molecule has 0 amide bonds. The molecule has 2 heterocycles. The molecule has 1 aliphatic rings. The zero-order chi connectivity index (χ0) is 13.2. The van der Waals surface area contributed by atoms with Crippen LogP contribution in [0, 0.1) is 0 Å². The van der Waals surface area contributed by atoms with E-state index in [2.05, 4.69) is 5.10 Å². The van der Waals surface area contributed by atoms with E-state index in [9.17, 15) is 8.42 Å². The lowest BCUT2D eigenvalue weighted by atomic mass is 10.3. The van der Waals surface area contributed by atoms with E-state index in [-0.39, 0.29) is 11.0 Å². The van der Waals surface area contributed by atoms with Gasteiger partial charge in [0.15, 0.2) is 0 Å². The van der Waals surface area contributed by atoms with Crippen molar-refractivity contribution in [1.29, 1.82) is 0 Å². The Labute approximate surface area is 112 Å². The van der Waals surface area contributed by atoms with Gasteiger partial charge in [0.05, 0.1) is 25.5 Å². The van der Waals surface area contributed by atoms with Gasteiger partial charge in [-0.05, 0) is 6.92 Å². The van der Waals surface area contributed by atoms with E-state index in [0.717, 1.165) is 0 Å². The van der Waals surface area contributed by atoms with Crippen LogP contribution in [0.15, 0.2) is 17.3 Å². The highest BCUT2D eigenvalue weighted by atomic mass is 35.5. The molecule has 1 aromatic heterocycles. The van der Waals surface area contributed by atoms with Gasteiger partial charge in [-0.3, -0.25) is 4.68 Å². The second-order valence-electron chi connectivity index (χ2n) is 4.17. The molecule has 0 radical (unpaired) electrons. The third kappa shape index (κ3) is 2.85. The molecule has 1 unspecified atom stereocenters. The van der Waals surface area contributed by atoms with E-state index in [1.807, 2.05) is 6.92 Å². The molecule has 0 bridgehead atoms. The average Bonchev–Trinajstić information content (AvgIpc) is 2.79. The summed E-state index contributed by atoms with van der Waals surface area (Å²) in [5.41, 5.74) is 0. The third-order valence-corrected chi connectivity index (χ3v) is 4.75. The van der Waals surface area contributed by atoms with Gasteiger partial charge in [0.2, 0.25) is 10.0 Å². The lowest BCUT2D eigenvalue weighted by molar-refractivity contribution is 0.0102. The number of nitrogens with zero attached hydrogens (tertiary/aromatic N) is 3. The second kappa shape index (κ2) is 5.56. The summed E-state index contributed by atoms with van der Waals surface area (Å²) in [6, 6.07) is 0. The van der Waals surface area contributed by atoms with Crippen molar-refractivity contribution >= 4 is 21.6 Å². The van der Waals surface area contributed by atoms with Gasteiger partial charge in [-0.25, -0.2) is 8.42 Å². The normalized spacial score (nSPS) is 22.2. The first-order valence-corrected chi connectivity index (χ1v) is 7.71. The minimum absolute atomic E-state index is 0.0774. The summed E-state index contributed by atoms with van der Waals surface area (Å²) < 4.78 is 33.0. The number of aryl methyl sites for hydroxylation is 1. The molecule has 0 aliphatic carbocycles. The Kier molecular flexibility index (Phi) is 4.26. The fourth-order valence-corrected chi connectivity index (χ4v) is 3.47. The van der Waals surface area contributed by atoms with Gasteiger partial charge in [-0.15, -0.1) is 11.6 Å². The van der Waals surface area contributed by atoms with Gasteiger partial charge in [0.25, 0.3) is 0 Å². The predicted octanol–water partition coefficient (Wildman–Crippen LogP) is 0.531. The fourth-order valence-electron chi connectivity index (χ4n) is 1.84. The average molecular weight is 294 g/mol. The number of rotatable bonds is 4. The highest BCUT2D eigenvalue weighted by Gasteiger charge is 2.30. The Bertz CT molecular complexity index is 502. The van der Waals surface area contributed by atoms with Crippen molar-refractivity contribution in [2.24, 2.45) is 0 Å². The highest BCUT2D eigenvalue weighted by Crippen LogP contribution is 2.18. The maximum Gasteiger partial charge on any atom is 0.246 e. The van der Waals surface area contributed by atoms with E-state index >= 15 is 0 Å². The van der Waals surface area contributed by atoms with Crippen molar-refractivity contribution in [3.63, 3.8) is 0 Å². The highest BCUT2D eigenvalue weighted by molar-refractivity contribution is 7.89. The number of halogens is 1. The lowest BCUT2D eigenvalue weighted by Crippen LogP contribution is -2.44. The van der Waals surface area contributed by atoms with Crippen LogP contribution in [0.25, 0.3) is 0 Å². The van der Waals surface area contributed by atoms with E-state index in [1.165, 1.54) is 21.4 Å². The largest absolute Gasteiger partial charge is 0.376 e. The number of ether oxygens (including phenoxy) is 1. The Balaban J connectivity index is 2.18. The maximum atomic E-state index is 12.3. The van der Waals surface area contributed by atoms with Crippen molar-refractivity contribution in [3.8, 4) is 0 Å². The molecule has 102 valence electrons. The van der Waals surface area contributed by atoms with E-state index in [4.69, 9.17) is 16.3 Å². The molecule has 0 spiro atoms. The van der Waals surface area contributed by atoms with Crippen molar-refractivity contribution in [2.45, 2.75) is 24.5 Å². The summed E-state index contributed by atoms with van der Waals surface area (Å²) in [6.07, 6.45) is 2.80. The zero-order valence-corrected chi connectivity index (χ0v) is 11.7. The summed E-state index contributed by atoms with van der Waals surface area (Å²) in [5, 5.41) is 3.98. The molecule has 0 saturated carbocycles. The van der Waals surface area contributed by atoms with E-state index < -0.39 is 10.0 Å². The van der Waals surface area contributed by atoms with E-state index in [1.54, 1.807) is 0 Å². The van der Waals surface area contributed by atoms with Crippen molar-refractivity contribution in [1.82, 2.24) is 14.1 Å². The van der Waals surface area contributed by atoms with Crippen LogP contribution in [0.4, 0.5) is 0 Å². The van der Waals surface area contributed by atoms with Crippen molar-refractivity contribution in [2.75, 3.05) is 25.6 Å². The summed E-state index contributed by atoms with van der Waals surface area (Å²) in [5.74, 6) is 0.399. The van der Waals surface area contributed by atoms with E-state index in [0.29, 0.717) is 32.1 Å². The van der Waals surface area contributed by atoms with Crippen LogP contribution in [-0.4, -0.2) is 54.2 Å². The van der Waals surface area contributed by atoms with Gasteiger partial charge in [0, 0.05) is 25.2 Å². The van der Waals surface area contributed by atoms with Crippen LogP contribution < -0.4 is 0 Å². The number of alkyl halides is 1. The molecule has 2 rings (SSSR count). The summed E-state index contributed by atoms with van der Waals surface area (Å²) in [4.78, 5) is 0.210. The predicted molar refractivity (Wildman–Crippen MR) is 67.1 cm³/mol. The Morgan fingerprint density at radius 3 is 3.06 bits per heavy atom. The summed E-state index contributed by atoms with van der Waals surface area (Å²) in [6.45, 7) is 3.54. The standard InChI is InChI=1S/C10H16ClN3O3S/c1-9-7-14(4-5-17-9)18(15,16)10-6-12-13(8-10)3-2-11/h6,8-9H,2-5,7H2,1H3.